The van der Waals surface area contributed by atoms with E-state index >= 15 is 8.78 Å². The second kappa shape index (κ2) is 15.4. The van der Waals surface area contributed by atoms with E-state index in [4.69, 9.17) is 21.3 Å². The van der Waals surface area contributed by atoms with Crippen LogP contribution in [0.2, 0.25) is 5.02 Å². The standard InChI is InChI=1S/C39H35ClF6N8O4S/c1-18-11-25-32(35(43)44)49-53(34(25)39(18,45)46)17-30(55)47-28(14-19-12-20(41)15-21(42)13-19)37-48-27-16-23(58-22-5-4-6-22)7-8-24(27)38(56)54(37)29-10-9-26(40)31-33(29)52(2)50-36(31)51-59(3)57/h7-10,12-13,15-16,18,22,28,35H,4-6,11,14,17H2,1-3H3,(H,47,55)(H,50,51). The second-order valence-electron chi connectivity index (χ2n) is 14.8. The van der Waals surface area contributed by atoms with Gasteiger partial charge < -0.3 is 14.6 Å². The number of hydrogen-bond donors (Lipinski definition) is 2. The maximum absolute atomic E-state index is 15.4. The summed E-state index contributed by atoms with van der Waals surface area (Å²) < 4.78 is 112. The maximum atomic E-state index is 15.4. The third kappa shape index (κ3) is 7.48. The van der Waals surface area contributed by atoms with Crippen LogP contribution < -0.4 is 20.3 Å². The lowest BCUT2D eigenvalue weighted by Crippen LogP contribution is -2.38. The van der Waals surface area contributed by atoms with Crippen molar-refractivity contribution in [1.82, 2.24) is 34.4 Å². The molecule has 310 valence electrons. The molecular formula is C39H35ClF6N8O4S. The van der Waals surface area contributed by atoms with E-state index < -0.39 is 83.1 Å². The highest BCUT2D eigenvalue weighted by Crippen LogP contribution is 2.48. The molecular weight excluding hydrogens is 826 g/mol. The Morgan fingerprint density at radius 1 is 1.10 bits per heavy atom. The van der Waals surface area contributed by atoms with Crippen LogP contribution in [0, 0.1) is 17.6 Å². The predicted octanol–water partition coefficient (Wildman–Crippen LogP) is 7.36. The Bertz CT molecular complexity index is 2680. The number of carbonyl (C=O) groups excluding carboxylic acids is 1. The van der Waals surface area contributed by atoms with Crippen molar-refractivity contribution in [3.8, 4) is 11.4 Å². The lowest BCUT2D eigenvalue weighted by Gasteiger charge is -2.27. The summed E-state index contributed by atoms with van der Waals surface area (Å²) in [6, 6.07) is 8.88. The molecule has 20 heteroatoms. The molecule has 3 heterocycles. The maximum Gasteiger partial charge on any atom is 0.292 e. The number of aromatic nitrogens is 6. The van der Waals surface area contributed by atoms with Gasteiger partial charge in [-0.25, -0.2) is 22.5 Å². The summed E-state index contributed by atoms with van der Waals surface area (Å²) in [5.41, 5.74) is -2.16. The van der Waals surface area contributed by atoms with Crippen LogP contribution in [0.4, 0.5) is 32.2 Å². The topological polar surface area (TPSA) is 144 Å². The van der Waals surface area contributed by atoms with E-state index in [1.165, 1.54) is 40.6 Å². The number of nitrogens with one attached hydrogen (secondary N) is 2. The summed E-state index contributed by atoms with van der Waals surface area (Å²) in [5.74, 6) is -7.50. The molecule has 0 aliphatic heterocycles. The summed E-state index contributed by atoms with van der Waals surface area (Å²) >= 11 is 5.06. The number of rotatable bonds is 12. The van der Waals surface area contributed by atoms with Gasteiger partial charge >= 0.3 is 0 Å². The summed E-state index contributed by atoms with van der Waals surface area (Å²) in [5, 5.41) is 11.4. The van der Waals surface area contributed by atoms with Crippen LogP contribution >= 0.6 is 11.6 Å². The van der Waals surface area contributed by atoms with Crippen LogP contribution in [0.15, 0.2) is 53.3 Å². The Kier molecular flexibility index (Phi) is 10.6. The number of anilines is 1. The van der Waals surface area contributed by atoms with E-state index in [2.05, 4.69) is 20.2 Å². The Morgan fingerprint density at radius 2 is 1.83 bits per heavy atom. The van der Waals surface area contributed by atoms with Crippen LogP contribution in [-0.4, -0.2) is 51.9 Å². The first-order chi connectivity index (χ1) is 28.0. The smallest absolute Gasteiger partial charge is 0.292 e. The molecule has 3 atom stereocenters. The zero-order valence-electron chi connectivity index (χ0n) is 31.5. The molecule has 0 spiro atoms. The first-order valence-electron chi connectivity index (χ1n) is 18.5. The number of amides is 1. The molecule has 6 aromatic rings. The molecule has 1 saturated carbocycles. The molecule has 2 aliphatic carbocycles. The van der Waals surface area contributed by atoms with Crippen LogP contribution in [0.5, 0.6) is 5.75 Å². The van der Waals surface area contributed by atoms with Crippen molar-refractivity contribution in [3.63, 3.8) is 0 Å². The predicted molar refractivity (Wildman–Crippen MR) is 207 cm³/mol. The van der Waals surface area contributed by atoms with E-state index in [0.29, 0.717) is 16.5 Å². The minimum Gasteiger partial charge on any atom is -0.593 e. The highest BCUT2D eigenvalue weighted by atomic mass is 35.5. The quantitative estimate of drug-likeness (QED) is 0.0961. The lowest BCUT2D eigenvalue weighted by molar-refractivity contribution is -0.123. The minimum atomic E-state index is -3.59. The summed E-state index contributed by atoms with van der Waals surface area (Å²) in [6.45, 7) is 0.247. The first-order valence-corrected chi connectivity index (χ1v) is 20.4. The largest absolute Gasteiger partial charge is 0.593 e. The molecule has 0 bridgehead atoms. The molecule has 12 nitrogen and oxygen atoms in total. The fourth-order valence-electron chi connectivity index (χ4n) is 7.75. The SMILES string of the molecule is CC1Cc2c(C(F)F)nn(CC(=O)NC(Cc3cc(F)cc(F)c3)c3nc4cc(OC5CCC5)ccc4c(=O)n3-c3ccc(Cl)c4c(N[S+](C)[O-])nn(C)c34)c2C1(F)F. The van der Waals surface area contributed by atoms with Gasteiger partial charge in [-0.3, -0.25) is 23.5 Å². The number of alkyl halides is 4. The fraction of sp³-hybridized carbons (Fsp3) is 0.359. The molecule has 8 rings (SSSR count). The normalized spacial score (nSPS) is 17.3. The summed E-state index contributed by atoms with van der Waals surface area (Å²) in [6.07, 6.45) is 0.00412. The van der Waals surface area contributed by atoms with Crippen molar-refractivity contribution in [1.29, 1.82) is 0 Å². The summed E-state index contributed by atoms with van der Waals surface area (Å²) in [7, 11) is 1.55. The van der Waals surface area contributed by atoms with Crippen molar-refractivity contribution >= 4 is 56.5 Å². The molecule has 2 aliphatic rings. The number of benzene rings is 3. The van der Waals surface area contributed by atoms with E-state index in [9.17, 15) is 31.7 Å². The average Bonchev–Trinajstić information content (AvgIpc) is 3.74. The van der Waals surface area contributed by atoms with Crippen molar-refractivity contribution in [2.24, 2.45) is 13.0 Å². The Balaban J connectivity index is 1.32. The molecule has 0 radical (unpaired) electrons. The van der Waals surface area contributed by atoms with Crippen molar-refractivity contribution < 1.29 is 40.4 Å². The highest BCUT2D eigenvalue weighted by Gasteiger charge is 2.51. The number of aryl methyl sites for hydroxylation is 1. The van der Waals surface area contributed by atoms with Crippen molar-refractivity contribution in [2.45, 2.75) is 70.1 Å². The number of halogens is 7. The number of nitrogens with zero attached hydrogens (tertiary/aromatic N) is 6. The second-order valence-corrected chi connectivity index (χ2v) is 16.3. The number of ether oxygens (including phenoxy) is 1. The molecule has 3 unspecified atom stereocenters. The fourth-order valence-corrected chi connectivity index (χ4v) is 8.40. The van der Waals surface area contributed by atoms with Gasteiger partial charge in [-0.05, 0) is 67.6 Å². The van der Waals surface area contributed by atoms with Crippen molar-refractivity contribution in [3.05, 3.63) is 104 Å². The van der Waals surface area contributed by atoms with Gasteiger partial charge in [-0.1, -0.05) is 18.5 Å². The molecule has 1 fully saturated rings. The molecule has 59 heavy (non-hydrogen) atoms. The van der Waals surface area contributed by atoms with E-state index in [1.807, 2.05) is 0 Å². The molecule has 0 saturated heterocycles. The molecule has 3 aromatic heterocycles. The van der Waals surface area contributed by atoms with Gasteiger partial charge in [0.15, 0.2) is 0 Å². The van der Waals surface area contributed by atoms with E-state index in [-0.39, 0.29) is 67.8 Å². The van der Waals surface area contributed by atoms with Crippen LogP contribution in [-0.2, 0) is 48.5 Å². The first kappa shape index (κ1) is 40.5. The van der Waals surface area contributed by atoms with Crippen LogP contribution in [0.3, 0.4) is 0 Å². The lowest BCUT2D eigenvalue weighted by atomic mass is 9.96. The highest BCUT2D eigenvalue weighted by molar-refractivity contribution is 7.92. The Morgan fingerprint density at radius 3 is 2.49 bits per heavy atom. The van der Waals surface area contributed by atoms with Crippen LogP contribution in [0.25, 0.3) is 27.5 Å². The van der Waals surface area contributed by atoms with Gasteiger partial charge in [0.25, 0.3) is 17.9 Å². The van der Waals surface area contributed by atoms with Gasteiger partial charge in [-0.2, -0.15) is 18.6 Å². The van der Waals surface area contributed by atoms with Crippen molar-refractivity contribution in [2.75, 3.05) is 11.0 Å². The van der Waals surface area contributed by atoms with Gasteiger partial charge in [0.1, 0.15) is 47.4 Å². The summed E-state index contributed by atoms with van der Waals surface area (Å²) in [4.78, 5) is 33.8. The number of carbonyl (C=O) groups is 1. The zero-order chi connectivity index (χ0) is 42.1. The third-order valence-corrected chi connectivity index (χ3v) is 11.5. The number of hydrogen-bond acceptors (Lipinski definition) is 8. The van der Waals surface area contributed by atoms with Crippen LogP contribution in [0.1, 0.15) is 67.0 Å². The molecule has 3 aromatic carbocycles. The van der Waals surface area contributed by atoms with E-state index in [0.717, 1.165) is 31.4 Å². The average molecular weight is 861 g/mol. The van der Waals surface area contributed by atoms with Gasteiger partial charge in [0.05, 0.1) is 56.0 Å². The Labute approximate surface area is 339 Å². The third-order valence-electron chi connectivity index (χ3n) is 10.7. The zero-order valence-corrected chi connectivity index (χ0v) is 33.1. The van der Waals surface area contributed by atoms with Gasteiger partial charge in [0.2, 0.25) is 11.7 Å². The van der Waals surface area contributed by atoms with Gasteiger partial charge in [0, 0.05) is 37.1 Å². The molecule has 1 amide bonds. The number of fused-ring (bicyclic) bond motifs is 3. The Hall–Kier alpha value is -5.27. The minimum absolute atomic E-state index is 0.00906. The van der Waals surface area contributed by atoms with E-state index in [1.54, 1.807) is 19.2 Å². The monoisotopic (exact) mass is 860 g/mol. The molecule has 2 N–H and O–H groups in total. The van der Waals surface area contributed by atoms with Gasteiger partial charge in [-0.15, -0.1) is 5.10 Å².